The van der Waals surface area contributed by atoms with E-state index in [0.717, 1.165) is 11.3 Å². The maximum Gasteiger partial charge on any atom is 0.289 e. The topological polar surface area (TPSA) is 82.9 Å². The van der Waals surface area contributed by atoms with Crippen molar-refractivity contribution >= 4 is 28.6 Å². The molecule has 2 aromatic heterocycles. The van der Waals surface area contributed by atoms with Crippen molar-refractivity contribution in [3.05, 3.63) is 24.4 Å². The lowest BCUT2D eigenvalue weighted by Gasteiger charge is -2.20. The molecule has 7 nitrogen and oxygen atoms in total. The first-order valence-corrected chi connectivity index (χ1v) is 7.96. The first kappa shape index (κ1) is 15.1. The normalized spacial score (nSPS) is 23.9. The number of hydrogen-bond acceptors (Lipinski definition) is 7. The van der Waals surface area contributed by atoms with Gasteiger partial charge < -0.3 is 20.1 Å². The number of aliphatic imine (C=N–C) groups is 1. The first-order valence-electron chi connectivity index (χ1n) is 7.96. The summed E-state index contributed by atoms with van der Waals surface area (Å²) >= 11 is 0. The minimum absolute atomic E-state index is 0.208. The van der Waals surface area contributed by atoms with Crippen LogP contribution in [0.15, 0.2) is 29.4 Å². The molecule has 0 unspecified atom stereocenters. The van der Waals surface area contributed by atoms with Gasteiger partial charge in [0.05, 0.1) is 24.3 Å². The maximum atomic E-state index is 13.4. The Kier molecular flexibility index (Phi) is 3.89. The molecule has 0 radical (unpaired) electrons. The number of amidine groups is 1. The highest BCUT2D eigenvalue weighted by atomic mass is 19.1. The summed E-state index contributed by atoms with van der Waals surface area (Å²) < 4.78 is 18.8. The zero-order chi connectivity index (χ0) is 16.5. The molecule has 0 aromatic carbocycles. The van der Waals surface area contributed by atoms with Crippen molar-refractivity contribution in [1.82, 2.24) is 9.97 Å². The monoisotopic (exact) mass is 331 g/mol. The summed E-state index contributed by atoms with van der Waals surface area (Å²) in [6.45, 7) is 1.54. The van der Waals surface area contributed by atoms with Gasteiger partial charge in [0.1, 0.15) is 30.2 Å². The van der Waals surface area contributed by atoms with Crippen LogP contribution in [0.2, 0.25) is 0 Å². The van der Waals surface area contributed by atoms with Crippen LogP contribution in [0.1, 0.15) is 6.42 Å². The smallest absolute Gasteiger partial charge is 0.289 e. The molecule has 0 amide bonds. The zero-order valence-electron chi connectivity index (χ0n) is 13.0. The van der Waals surface area contributed by atoms with Gasteiger partial charge in [0.15, 0.2) is 0 Å². The molecule has 1 fully saturated rings. The van der Waals surface area contributed by atoms with Crippen LogP contribution in [0.5, 0.6) is 0 Å². The van der Waals surface area contributed by atoms with Gasteiger partial charge in [0.25, 0.3) is 6.02 Å². The first-order chi connectivity index (χ1) is 11.7. The third-order valence-corrected chi connectivity index (χ3v) is 4.12. The van der Waals surface area contributed by atoms with Crippen molar-refractivity contribution in [3.8, 4) is 0 Å². The Labute approximate surface area is 138 Å². The van der Waals surface area contributed by atoms with E-state index in [1.807, 2.05) is 17.0 Å². The quantitative estimate of drug-likeness (QED) is 0.864. The van der Waals surface area contributed by atoms with Gasteiger partial charge in [-0.2, -0.15) is 0 Å². The van der Waals surface area contributed by atoms with Crippen LogP contribution in [0.3, 0.4) is 0 Å². The van der Waals surface area contributed by atoms with Crippen molar-refractivity contribution < 1.29 is 14.2 Å². The van der Waals surface area contributed by atoms with Crippen molar-refractivity contribution in [1.29, 1.82) is 0 Å². The molecule has 2 aliphatic heterocycles. The highest BCUT2D eigenvalue weighted by molar-refractivity contribution is 5.98. The van der Waals surface area contributed by atoms with Gasteiger partial charge in [0, 0.05) is 12.7 Å². The van der Waals surface area contributed by atoms with E-state index >= 15 is 0 Å². The predicted octanol–water partition coefficient (Wildman–Crippen LogP) is 1.34. The second kappa shape index (κ2) is 6.20. The molecule has 4 rings (SSSR count). The minimum Gasteiger partial charge on any atom is -0.462 e. The highest BCUT2D eigenvalue weighted by Crippen LogP contribution is 2.26. The van der Waals surface area contributed by atoms with Crippen molar-refractivity contribution in [3.63, 3.8) is 0 Å². The fourth-order valence-electron chi connectivity index (χ4n) is 2.87. The average molecular weight is 331 g/mol. The number of aromatic nitrogens is 2. The van der Waals surface area contributed by atoms with Crippen LogP contribution < -0.4 is 10.2 Å². The van der Waals surface area contributed by atoms with Gasteiger partial charge in [-0.1, -0.05) is 0 Å². The molecule has 4 heterocycles. The van der Waals surface area contributed by atoms with Crippen LogP contribution in [0, 0.1) is 0 Å². The van der Waals surface area contributed by atoms with E-state index in [1.54, 1.807) is 12.3 Å². The number of aliphatic hydroxyl groups excluding tert-OH is 1. The number of hydrogen-bond donors (Lipinski definition) is 2. The van der Waals surface area contributed by atoms with E-state index in [2.05, 4.69) is 20.3 Å². The van der Waals surface area contributed by atoms with Gasteiger partial charge in [-0.15, -0.1) is 0 Å². The van der Waals surface area contributed by atoms with E-state index < -0.39 is 12.3 Å². The van der Waals surface area contributed by atoms with E-state index in [-0.39, 0.29) is 6.61 Å². The molecule has 126 valence electrons. The molecule has 24 heavy (non-hydrogen) atoms. The number of rotatable bonds is 2. The predicted molar refractivity (Wildman–Crippen MR) is 89.1 cm³/mol. The summed E-state index contributed by atoms with van der Waals surface area (Å²) in [5.74, 6) is 0.737. The van der Waals surface area contributed by atoms with Gasteiger partial charge in [-0.05, 0) is 24.6 Å². The Morgan fingerprint density at radius 3 is 3.00 bits per heavy atom. The second-order valence-electron chi connectivity index (χ2n) is 5.96. The third kappa shape index (κ3) is 2.96. The van der Waals surface area contributed by atoms with Gasteiger partial charge in [0.2, 0.25) is 0 Å². The Morgan fingerprint density at radius 2 is 2.25 bits per heavy atom. The van der Waals surface area contributed by atoms with Gasteiger partial charge >= 0.3 is 0 Å². The molecule has 2 atom stereocenters. The summed E-state index contributed by atoms with van der Waals surface area (Å²) in [5, 5.41) is 12.5. The highest BCUT2D eigenvalue weighted by Gasteiger charge is 2.23. The van der Waals surface area contributed by atoms with Crippen LogP contribution in [-0.4, -0.2) is 59.6 Å². The summed E-state index contributed by atoms with van der Waals surface area (Å²) in [5.41, 5.74) is 2.12. The molecule has 2 aromatic rings. The molecule has 1 saturated heterocycles. The molecular weight excluding hydrogens is 313 g/mol. The maximum absolute atomic E-state index is 13.4. The fraction of sp³-hybridized carbons (Fsp3) is 0.438. The molecule has 0 aliphatic carbocycles. The summed E-state index contributed by atoms with van der Waals surface area (Å²) in [6, 6.07) is 5.88. The van der Waals surface area contributed by atoms with E-state index in [9.17, 15) is 9.50 Å². The molecule has 8 heteroatoms. The minimum atomic E-state index is -0.801. The Hall–Kier alpha value is -2.48. The summed E-state index contributed by atoms with van der Waals surface area (Å²) in [6.07, 6.45) is 0.839. The summed E-state index contributed by atoms with van der Waals surface area (Å²) in [7, 11) is 0. The van der Waals surface area contributed by atoms with E-state index in [4.69, 9.17) is 4.74 Å². The Morgan fingerprint density at radius 1 is 1.33 bits per heavy atom. The van der Waals surface area contributed by atoms with Gasteiger partial charge in [-0.25, -0.2) is 14.4 Å². The second-order valence-corrected chi connectivity index (χ2v) is 5.96. The number of pyridine rings is 2. The molecule has 2 aliphatic rings. The molecular formula is C16H18FN5O2. The summed E-state index contributed by atoms with van der Waals surface area (Å²) in [4.78, 5) is 15.0. The number of aliphatic hydroxyl groups is 1. The van der Waals surface area contributed by atoms with E-state index in [0.29, 0.717) is 43.3 Å². The standard InChI is InChI=1S/C16H18FN5O2/c17-10-4-6-22(8-10)14-2-1-12-15(21-14)13(3-5-18-12)20-16-19-7-11(23)9-24-16/h1-3,5,10-11,23H,4,6-9H2,(H,18,19,20)/t10-,11+/m0/s1. The lowest BCUT2D eigenvalue weighted by Crippen LogP contribution is -2.31. The van der Waals surface area contributed by atoms with Crippen LogP contribution in [0.4, 0.5) is 15.9 Å². The number of ether oxygens (including phenoxy) is 1. The lowest BCUT2D eigenvalue weighted by atomic mass is 10.2. The number of alkyl halides is 1. The lowest BCUT2D eigenvalue weighted by molar-refractivity contribution is 0.0950. The molecule has 2 N–H and O–H groups in total. The molecule has 0 saturated carbocycles. The average Bonchev–Trinajstić information content (AvgIpc) is 3.03. The Balaban J connectivity index is 1.65. The molecule has 0 bridgehead atoms. The van der Waals surface area contributed by atoms with Crippen molar-refractivity contribution in [2.45, 2.75) is 18.7 Å². The number of nitrogens with zero attached hydrogens (tertiary/aromatic N) is 4. The third-order valence-electron chi connectivity index (χ3n) is 4.12. The van der Waals surface area contributed by atoms with Crippen LogP contribution in [-0.2, 0) is 4.74 Å². The van der Waals surface area contributed by atoms with Gasteiger partial charge in [-0.3, -0.25) is 4.98 Å². The van der Waals surface area contributed by atoms with Crippen molar-refractivity contribution in [2.75, 3.05) is 36.5 Å². The van der Waals surface area contributed by atoms with Crippen LogP contribution >= 0.6 is 0 Å². The SMILES string of the molecule is O[C@@H]1CN=C(Nc2ccnc3ccc(N4CC[C@H](F)C4)nc23)OC1. The zero-order valence-corrected chi connectivity index (χ0v) is 13.0. The fourth-order valence-corrected chi connectivity index (χ4v) is 2.87. The largest absolute Gasteiger partial charge is 0.462 e. The van der Waals surface area contributed by atoms with E-state index in [1.165, 1.54) is 0 Å². The Bertz CT molecular complexity index is 784. The molecule has 0 spiro atoms. The number of fused-ring (bicyclic) bond motifs is 1. The number of nitrogens with one attached hydrogen (secondary N) is 1. The van der Waals surface area contributed by atoms with Crippen molar-refractivity contribution in [2.24, 2.45) is 4.99 Å². The van der Waals surface area contributed by atoms with Crippen LogP contribution in [0.25, 0.3) is 11.0 Å². The number of anilines is 2. The number of halogens is 1.